The van der Waals surface area contributed by atoms with Crippen molar-refractivity contribution in [1.29, 1.82) is 0 Å². The van der Waals surface area contributed by atoms with Gasteiger partial charge in [-0.2, -0.15) is 5.10 Å². The predicted molar refractivity (Wildman–Crippen MR) is 143 cm³/mol. The topological polar surface area (TPSA) is 118 Å². The number of hydrogen-bond donors (Lipinski definition) is 3. The highest BCUT2D eigenvalue weighted by atomic mass is 35.5. The van der Waals surface area contributed by atoms with Gasteiger partial charge in [0.15, 0.2) is 6.61 Å². The molecular formula is C27H25ClN4O5. The Morgan fingerprint density at radius 2 is 1.59 bits per heavy atom. The van der Waals surface area contributed by atoms with E-state index in [0.29, 0.717) is 40.1 Å². The van der Waals surface area contributed by atoms with Crippen molar-refractivity contribution in [3.63, 3.8) is 0 Å². The maximum atomic E-state index is 12.2. The summed E-state index contributed by atoms with van der Waals surface area (Å²) in [5, 5.41) is 9.57. The van der Waals surface area contributed by atoms with Crippen molar-refractivity contribution >= 4 is 46.9 Å². The second-order valence-corrected chi connectivity index (χ2v) is 8.00. The molecule has 0 aliphatic rings. The number of halogens is 1. The highest BCUT2D eigenvalue weighted by molar-refractivity contribution is 6.39. The molecule has 3 amide bonds. The smallest absolute Gasteiger partial charge is 0.329 e. The van der Waals surface area contributed by atoms with E-state index in [-0.39, 0.29) is 12.5 Å². The molecule has 0 bridgehead atoms. The fourth-order valence-corrected chi connectivity index (χ4v) is 3.10. The van der Waals surface area contributed by atoms with Crippen LogP contribution < -0.4 is 25.5 Å². The van der Waals surface area contributed by atoms with Crippen molar-refractivity contribution < 1.29 is 23.9 Å². The lowest BCUT2D eigenvalue weighted by molar-refractivity contribution is -0.136. The zero-order chi connectivity index (χ0) is 26.6. The molecular weight excluding hydrogens is 496 g/mol. The lowest BCUT2D eigenvalue weighted by Gasteiger charge is -2.10. The lowest BCUT2D eigenvalue weighted by Crippen LogP contribution is -2.32. The van der Waals surface area contributed by atoms with Crippen LogP contribution in [-0.4, -0.2) is 37.1 Å². The second-order valence-electron chi connectivity index (χ2n) is 7.60. The third-order valence-electron chi connectivity index (χ3n) is 4.86. The fraction of sp³-hybridized carbons (Fsp3) is 0.111. The predicted octanol–water partition coefficient (Wildman–Crippen LogP) is 4.32. The van der Waals surface area contributed by atoms with Crippen LogP contribution in [0.4, 0.5) is 11.4 Å². The summed E-state index contributed by atoms with van der Waals surface area (Å²) in [5.41, 5.74) is 4.63. The first-order valence-corrected chi connectivity index (χ1v) is 11.5. The van der Waals surface area contributed by atoms with Gasteiger partial charge in [-0.25, -0.2) is 5.43 Å². The quantitative estimate of drug-likeness (QED) is 0.159. The van der Waals surface area contributed by atoms with Crippen LogP contribution in [0.3, 0.4) is 0 Å². The van der Waals surface area contributed by atoms with E-state index in [0.717, 1.165) is 5.56 Å². The number of hydrogen-bond acceptors (Lipinski definition) is 6. The third kappa shape index (κ3) is 8.52. The largest absolute Gasteiger partial charge is 0.490 e. The number of nitrogens with one attached hydrogen (secondary N) is 3. The molecule has 0 radical (unpaired) electrons. The molecule has 0 heterocycles. The molecule has 37 heavy (non-hydrogen) atoms. The molecule has 3 aromatic carbocycles. The number of carbonyl (C=O) groups is 3. The number of carbonyl (C=O) groups excluding carboxylic acids is 3. The van der Waals surface area contributed by atoms with Gasteiger partial charge in [-0.3, -0.25) is 14.4 Å². The molecule has 0 saturated heterocycles. The van der Waals surface area contributed by atoms with Crippen LogP contribution in [0.5, 0.6) is 11.5 Å². The Balaban J connectivity index is 1.42. The van der Waals surface area contributed by atoms with E-state index in [2.05, 4.69) is 27.7 Å². The normalized spacial score (nSPS) is 10.4. The molecule has 10 heteroatoms. The summed E-state index contributed by atoms with van der Waals surface area (Å²) >= 11 is 6.06. The first kappa shape index (κ1) is 27.0. The van der Waals surface area contributed by atoms with E-state index >= 15 is 0 Å². The zero-order valence-electron chi connectivity index (χ0n) is 20.0. The number of rotatable bonds is 10. The summed E-state index contributed by atoms with van der Waals surface area (Å²) in [4.78, 5) is 36.2. The van der Waals surface area contributed by atoms with Gasteiger partial charge in [-0.1, -0.05) is 30.3 Å². The lowest BCUT2D eigenvalue weighted by atomic mass is 10.2. The standard InChI is InChI=1S/C27H25ClN4O5/c1-3-15-36-21-13-9-20(10-14-21)30-26(34)27(35)32-29-16-19-7-11-22(12-8-19)37-17-25(33)31-24-6-4-5-23(28)18(24)2/h3-14,16H,1,15,17H2,2H3,(H,30,34)(H,31,33)(H,32,35)/b29-16-. The van der Waals surface area contributed by atoms with E-state index in [9.17, 15) is 14.4 Å². The van der Waals surface area contributed by atoms with Crippen molar-refractivity contribution in [1.82, 2.24) is 5.43 Å². The van der Waals surface area contributed by atoms with Gasteiger partial charge in [0.05, 0.1) is 6.21 Å². The van der Waals surface area contributed by atoms with E-state index in [1.807, 2.05) is 6.92 Å². The summed E-state index contributed by atoms with van der Waals surface area (Å²) in [5.74, 6) is -1.04. The van der Waals surface area contributed by atoms with E-state index in [1.54, 1.807) is 72.8 Å². The van der Waals surface area contributed by atoms with Gasteiger partial charge in [-0.05, 0) is 78.7 Å². The molecule has 0 saturated carbocycles. The van der Waals surface area contributed by atoms with E-state index < -0.39 is 11.8 Å². The number of hydrazone groups is 1. The van der Waals surface area contributed by atoms with Crippen molar-refractivity contribution in [2.45, 2.75) is 6.92 Å². The number of nitrogens with zero attached hydrogens (tertiary/aromatic N) is 1. The number of anilines is 2. The van der Waals surface area contributed by atoms with Crippen molar-refractivity contribution in [2.75, 3.05) is 23.8 Å². The molecule has 0 aliphatic carbocycles. The van der Waals surface area contributed by atoms with Crippen LogP contribution in [0.2, 0.25) is 5.02 Å². The Bertz CT molecular complexity index is 1290. The molecule has 0 atom stereocenters. The van der Waals surface area contributed by atoms with E-state index in [1.165, 1.54) is 6.21 Å². The summed E-state index contributed by atoms with van der Waals surface area (Å²) in [6.45, 7) is 5.56. The summed E-state index contributed by atoms with van der Waals surface area (Å²) in [6.07, 6.45) is 2.99. The first-order chi connectivity index (χ1) is 17.9. The maximum Gasteiger partial charge on any atom is 0.329 e. The van der Waals surface area contributed by atoms with Crippen LogP contribution in [0.1, 0.15) is 11.1 Å². The monoisotopic (exact) mass is 520 g/mol. The SMILES string of the molecule is C=CCOc1ccc(NC(=O)C(=O)N/N=C\c2ccc(OCC(=O)Nc3cccc(Cl)c3C)cc2)cc1. The van der Waals surface area contributed by atoms with Crippen LogP contribution in [0.25, 0.3) is 0 Å². The minimum absolute atomic E-state index is 0.185. The summed E-state index contributed by atoms with van der Waals surface area (Å²) in [6, 6.07) is 18.5. The molecule has 3 rings (SSSR count). The molecule has 0 aromatic heterocycles. The third-order valence-corrected chi connectivity index (χ3v) is 5.27. The van der Waals surface area contributed by atoms with Gasteiger partial charge in [0, 0.05) is 16.4 Å². The molecule has 3 N–H and O–H groups in total. The van der Waals surface area contributed by atoms with Gasteiger partial charge in [0.25, 0.3) is 5.91 Å². The van der Waals surface area contributed by atoms with Crippen LogP contribution in [0.15, 0.2) is 84.5 Å². The Kier molecular flexibility index (Phi) is 9.81. The van der Waals surface area contributed by atoms with Crippen LogP contribution >= 0.6 is 11.6 Å². The van der Waals surface area contributed by atoms with Gasteiger partial charge in [-0.15, -0.1) is 0 Å². The highest BCUT2D eigenvalue weighted by Crippen LogP contribution is 2.23. The Labute approximate surface area is 219 Å². The first-order valence-electron chi connectivity index (χ1n) is 11.1. The summed E-state index contributed by atoms with van der Waals surface area (Å²) in [7, 11) is 0. The van der Waals surface area contributed by atoms with Crippen LogP contribution in [-0.2, 0) is 14.4 Å². The molecule has 0 spiro atoms. The molecule has 0 fully saturated rings. The van der Waals surface area contributed by atoms with Crippen molar-refractivity contribution in [2.24, 2.45) is 5.10 Å². The van der Waals surface area contributed by atoms with Gasteiger partial charge in [0.1, 0.15) is 18.1 Å². The minimum atomic E-state index is -0.927. The molecule has 9 nitrogen and oxygen atoms in total. The van der Waals surface area contributed by atoms with E-state index in [4.69, 9.17) is 21.1 Å². The van der Waals surface area contributed by atoms with Gasteiger partial charge in [0.2, 0.25) is 0 Å². The fourth-order valence-electron chi connectivity index (χ4n) is 2.92. The minimum Gasteiger partial charge on any atom is -0.490 e. The number of amides is 3. The van der Waals surface area contributed by atoms with Gasteiger partial charge < -0.3 is 20.1 Å². The molecule has 3 aromatic rings. The zero-order valence-corrected chi connectivity index (χ0v) is 20.7. The average molecular weight is 521 g/mol. The Morgan fingerprint density at radius 1 is 0.919 bits per heavy atom. The summed E-state index contributed by atoms with van der Waals surface area (Å²) < 4.78 is 10.9. The second kappa shape index (κ2) is 13.5. The molecule has 0 unspecified atom stereocenters. The molecule has 0 aliphatic heterocycles. The molecule has 190 valence electrons. The Morgan fingerprint density at radius 3 is 2.30 bits per heavy atom. The van der Waals surface area contributed by atoms with Gasteiger partial charge >= 0.3 is 11.8 Å². The Hall–Kier alpha value is -4.63. The highest BCUT2D eigenvalue weighted by Gasteiger charge is 2.13. The number of benzene rings is 3. The maximum absolute atomic E-state index is 12.2. The van der Waals surface area contributed by atoms with Crippen LogP contribution in [0, 0.1) is 6.92 Å². The number of ether oxygens (including phenoxy) is 2. The van der Waals surface area contributed by atoms with Crippen molar-refractivity contribution in [3.8, 4) is 11.5 Å². The van der Waals surface area contributed by atoms with Crippen molar-refractivity contribution in [3.05, 3.63) is 95.5 Å². The average Bonchev–Trinajstić information content (AvgIpc) is 2.90.